The number of methoxy groups -OCH3 is 1. The summed E-state index contributed by atoms with van der Waals surface area (Å²) in [5.74, 6) is -2.61. The maximum absolute atomic E-state index is 15.4. The Balaban J connectivity index is 1.33. The minimum Gasteiger partial charge on any atom is -0.497 e. The molecule has 4 nitrogen and oxygen atoms in total. The molecule has 1 N–H and O–H groups in total. The number of alkyl halides is 1. The number of hydrogen-bond acceptors (Lipinski definition) is 5. The molecular weight excluding hydrogens is 511 g/mol. The van der Waals surface area contributed by atoms with E-state index in [1.54, 1.807) is 18.2 Å². The third kappa shape index (κ3) is 6.35. The van der Waals surface area contributed by atoms with E-state index < -0.39 is 34.9 Å². The Morgan fingerprint density at radius 2 is 1.78 bits per heavy atom. The summed E-state index contributed by atoms with van der Waals surface area (Å²) in [6.07, 6.45) is 1.12. The van der Waals surface area contributed by atoms with Crippen LogP contribution in [0.5, 0.6) is 5.75 Å². The lowest BCUT2D eigenvalue weighted by molar-refractivity contribution is 0.0321. The molecule has 37 heavy (non-hydrogen) atoms. The maximum atomic E-state index is 15.4. The van der Waals surface area contributed by atoms with Crippen molar-refractivity contribution in [2.24, 2.45) is 5.41 Å². The number of fused-ring (bicyclic) bond motifs is 1. The van der Waals surface area contributed by atoms with E-state index in [1.807, 2.05) is 0 Å². The van der Waals surface area contributed by atoms with Crippen molar-refractivity contribution in [3.05, 3.63) is 65.4 Å². The number of pyridine rings is 1. The van der Waals surface area contributed by atoms with Crippen LogP contribution in [0.1, 0.15) is 37.4 Å². The third-order valence-corrected chi connectivity index (χ3v) is 8.24. The third-order valence-electron chi connectivity index (χ3n) is 7.18. The molecule has 1 aliphatic heterocycles. The topological polar surface area (TPSA) is 45.6 Å². The van der Waals surface area contributed by atoms with E-state index >= 15 is 4.39 Å². The van der Waals surface area contributed by atoms with Crippen molar-refractivity contribution >= 4 is 22.7 Å². The number of rotatable bonds is 10. The van der Waals surface area contributed by atoms with E-state index in [4.69, 9.17) is 4.74 Å². The van der Waals surface area contributed by atoms with Crippen LogP contribution >= 0.6 is 11.8 Å². The summed E-state index contributed by atoms with van der Waals surface area (Å²) in [7, 11) is 1.48. The average Bonchev–Trinajstić information content (AvgIpc) is 2.89. The van der Waals surface area contributed by atoms with Crippen LogP contribution in [0.4, 0.5) is 22.0 Å². The van der Waals surface area contributed by atoms with Crippen LogP contribution in [0.2, 0.25) is 0 Å². The van der Waals surface area contributed by atoms with Gasteiger partial charge in [0.2, 0.25) is 0 Å². The summed E-state index contributed by atoms with van der Waals surface area (Å²) in [6, 6.07) is 6.25. The number of hydrogen-bond donors (Lipinski definition) is 1. The SMILES string of the molecule is COc1ccc2ncc(F)c([C@@H](F)CCC3(CO)CCN(CCSc4c(F)cc(F)cc4F)CC3)c2c1. The molecule has 0 amide bonds. The second-order valence-electron chi connectivity index (χ2n) is 9.46. The van der Waals surface area contributed by atoms with Crippen molar-refractivity contribution in [1.29, 1.82) is 0 Å². The second kappa shape index (κ2) is 12.0. The van der Waals surface area contributed by atoms with Crippen LogP contribution in [0, 0.1) is 28.7 Å². The van der Waals surface area contributed by atoms with Gasteiger partial charge in [0.15, 0.2) is 0 Å². The molecule has 1 atom stereocenters. The molecule has 1 fully saturated rings. The van der Waals surface area contributed by atoms with Crippen LogP contribution < -0.4 is 4.74 Å². The minimum absolute atomic E-state index is 0.0484. The van der Waals surface area contributed by atoms with Gasteiger partial charge in [0.25, 0.3) is 0 Å². The zero-order valence-corrected chi connectivity index (χ0v) is 21.3. The number of halogens is 5. The standard InChI is InChI=1S/C27H29F5N2O2S/c1-36-18-2-3-24-19(14-18)25(23(32)15-33-24)20(29)4-5-27(16-35)6-8-34(9-7-27)10-11-37-26-21(30)12-17(28)13-22(26)31/h2-3,12-15,20,35H,4-11,16H2,1H3/t20-/m0/s1. The maximum Gasteiger partial charge on any atom is 0.148 e. The molecular formula is C27H29F5N2O2S. The van der Waals surface area contributed by atoms with Crippen molar-refractivity contribution in [1.82, 2.24) is 9.88 Å². The molecule has 0 radical (unpaired) electrons. The molecule has 0 unspecified atom stereocenters. The van der Waals surface area contributed by atoms with Gasteiger partial charge >= 0.3 is 0 Å². The Bertz CT molecular complexity index is 1210. The highest BCUT2D eigenvalue weighted by Crippen LogP contribution is 2.41. The number of aromatic nitrogens is 1. The van der Waals surface area contributed by atoms with Gasteiger partial charge in [-0.05, 0) is 62.4 Å². The van der Waals surface area contributed by atoms with Gasteiger partial charge < -0.3 is 14.7 Å². The van der Waals surface area contributed by atoms with E-state index in [9.17, 15) is 22.7 Å². The summed E-state index contributed by atoms with van der Waals surface area (Å²) < 4.78 is 76.0. The summed E-state index contributed by atoms with van der Waals surface area (Å²) in [4.78, 5) is 5.96. The lowest BCUT2D eigenvalue weighted by atomic mass is 9.74. The molecule has 1 aliphatic rings. The highest BCUT2D eigenvalue weighted by Gasteiger charge is 2.35. The lowest BCUT2D eigenvalue weighted by Gasteiger charge is -2.41. The first kappa shape index (κ1) is 27.6. The molecule has 0 saturated carbocycles. The summed E-state index contributed by atoms with van der Waals surface area (Å²) in [6.45, 7) is 1.72. The van der Waals surface area contributed by atoms with Gasteiger partial charge in [-0.3, -0.25) is 4.98 Å². The molecule has 2 aromatic carbocycles. The molecule has 0 spiro atoms. The van der Waals surface area contributed by atoms with E-state index in [1.165, 1.54) is 7.11 Å². The first-order chi connectivity index (χ1) is 17.7. The number of piperidine rings is 1. The minimum atomic E-state index is -1.57. The summed E-state index contributed by atoms with van der Waals surface area (Å²) in [5.41, 5.74) is -0.0600. The molecule has 1 aromatic heterocycles. The van der Waals surface area contributed by atoms with Crippen molar-refractivity contribution in [2.75, 3.05) is 39.1 Å². The normalized spacial score (nSPS) is 16.7. The first-order valence-electron chi connectivity index (χ1n) is 12.1. The Kier molecular flexibility index (Phi) is 8.92. The van der Waals surface area contributed by atoms with E-state index in [-0.39, 0.29) is 23.5 Å². The first-order valence-corrected chi connectivity index (χ1v) is 13.1. The van der Waals surface area contributed by atoms with Crippen LogP contribution in [0.15, 0.2) is 41.4 Å². The van der Waals surface area contributed by atoms with Crippen molar-refractivity contribution in [3.63, 3.8) is 0 Å². The fourth-order valence-electron chi connectivity index (χ4n) is 4.87. The van der Waals surface area contributed by atoms with Gasteiger partial charge in [0, 0.05) is 42.0 Å². The average molecular weight is 541 g/mol. The fraction of sp³-hybridized carbons (Fsp3) is 0.444. The number of nitrogens with zero attached hydrogens (tertiary/aromatic N) is 2. The van der Waals surface area contributed by atoms with Crippen LogP contribution in [0.3, 0.4) is 0 Å². The molecule has 1 saturated heterocycles. The van der Waals surface area contributed by atoms with Gasteiger partial charge in [-0.25, -0.2) is 22.0 Å². The van der Waals surface area contributed by atoms with E-state index in [0.717, 1.165) is 18.0 Å². The van der Waals surface area contributed by atoms with Crippen molar-refractivity contribution < 1.29 is 31.8 Å². The number of benzene rings is 2. The Hall–Kier alpha value is -2.43. The number of aliphatic hydroxyl groups is 1. The number of aliphatic hydroxyl groups excluding tert-OH is 1. The second-order valence-corrected chi connectivity index (χ2v) is 10.6. The number of likely N-dealkylation sites (tertiary alicyclic amines) is 1. The largest absolute Gasteiger partial charge is 0.497 e. The molecule has 3 aromatic rings. The quantitative estimate of drug-likeness (QED) is 0.236. The van der Waals surface area contributed by atoms with Gasteiger partial charge in [-0.15, -0.1) is 11.8 Å². The van der Waals surface area contributed by atoms with Crippen LogP contribution in [-0.2, 0) is 0 Å². The van der Waals surface area contributed by atoms with Crippen molar-refractivity contribution in [2.45, 2.75) is 36.8 Å². The Labute approximate surface area is 216 Å². The van der Waals surface area contributed by atoms with E-state index in [2.05, 4.69) is 9.88 Å². The molecule has 200 valence electrons. The summed E-state index contributed by atoms with van der Waals surface area (Å²) in [5, 5.41) is 10.5. The van der Waals surface area contributed by atoms with Crippen LogP contribution in [-0.4, -0.2) is 54.1 Å². The highest BCUT2D eigenvalue weighted by molar-refractivity contribution is 7.99. The van der Waals surface area contributed by atoms with Gasteiger partial charge in [0.05, 0.1) is 23.7 Å². The fourth-order valence-corrected chi connectivity index (χ4v) is 5.82. The molecule has 0 bridgehead atoms. The summed E-state index contributed by atoms with van der Waals surface area (Å²) >= 11 is 0.991. The predicted octanol–water partition coefficient (Wildman–Crippen LogP) is 6.46. The zero-order chi connectivity index (χ0) is 26.6. The Morgan fingerprint density at radius 1 is 1.08 bits per heavy atom. The molecule has 2 heterocycles. The van der Waals surface area contributed by atoms with Gasteiger partial charge in [-0.2, -0.15) is 0 Å². The lowest BCUT2D eigenvalue weighted by Crippen LogP contribution is -2.43. The highest BCUT2D eigenvalue weighted by atomic mass is 32.2. The Morgan fingerprint density at radius 3 is 2.43 bits per heavy atom. The predicted molar refractivity (Wildman–Crippen MR) is 134 cm³/mol. The van der Waals surface area contributed by atoms with Gasteiger partial charge in [-0.1, -0.05) is 0 Å². The van der Waals surface area contributed by atoms with Crippen molar-refractivity contribution in [3.8, 4) is 5.75 Å². The number of thioether (sulfide) groups is 1. The zero-order valence-electron chi connectivity index (χ0n) is 20.5. The van der Waals surface area contributed by atoms with E-state index in [0.29, 0.717) is 73.4 Å². The molecule has 4 rings (SSSR count). The monoisotopic (exact) mass is 540 g/mol. The smallest absolute Gasteiger partial charge is 0.148 e. The number of ether oxygens (including phenoxy) is 1. The molecule has 10 heteroatoms. The van der Waals surface area contributed by atoms with Gasteiger partial charge in [0.1, 0.15) is 35.2 Å². The van der Waals surface area contributed by atoms with Crippen LogP contribution in [0.25, 0.3) is 10.9 Å². The molecule has 0 aliphatic carbocycles.